The number of carbonyl (C=O) groups excluding carboxylic acids is 1. The molecule has 2 atom stereocenters. The maximum atomic E-state index is 13.7. The molecule has 0 aliphatic heterocycles. The van der Waals surface area contributed by atoms with Gasteiger partial charge in [0.25, 0.3) is 0 Å². The molecule has 0 amide bonds. The Hall–Kier alpha value is -3.34. The number of ether oxygens (including phenoxy) is 3. The Kier molecular flexibility index (Phi) is 9.69. The third-order valence-electron chi connectivity index (χ3n) is 5.39. The molecule has 0 saturated carbocycles. The SMILES string of the molecule is COc1cccc(CCc2ccccc2O[C@@H](C[C@@H](C)OC(=O)C(F)(F)C(F)(F)C(=O)O)N(C)C)c1. The topological polar surface area (TPSA) is 85.3 Å². The molecule has 0 spiro atoms. The van der Waals surface area contributed by atoms with Gasteiger partial charge in [-0.1, -0.05) is 30.3 Å². The molecule has 7 nitrogen and oxygen atoms in total. The zero-order chi connectivity index (χ0) is 27.1. The lowest BCUT2D eigenvalue weighted by Gasteiger charge is -2.29. The van der Waals surface area contributed by atoms with Crippen LogP contribution in [0.5, 0.6) is 11.5 Å². The van der Waals surface area contributed by atoms with Crippen LogP contribution in [0.3, 0.4) is 0 Å². The van der Waals surface area contributed by atoms with E-state index in [4.69, 9.17) is 14.6 Å². The number of aryl methyl sites for hydroxylation is 2. The normalized spacial score (nSPS) is 13.7. The van der Waals surface area contributed by atoms with E-state index in [-0.39, 0.29) is 6.42 Å². The maximum absolute atomic E-state index is 13.7. The predicted molar refractivity (Wildman–Crippen MR) is 123 cm³/mol. The highest BCUT2D eigenvalue weighted by molar-refractivity contribution is 5.89. The second-order valence-corrected chi connectivity index (χ2v) is 8.40. The number of hydrogen-bond acceptors (Lipinski definition) is 6. The monoisotopic (exact) mass is 515 g/mol. The van der Waals surface area contributed by atoms with Gasteiger partial charge in [0.15, 0.2) is 6.23 Å². The second kappa shape index (κ2) is 12.1. The van der Waals surface area contributed by atoms with Gasteiger partial charge in [-0.15, -0.1) is 0 Å². The number of para-hydroxylation sites is 1. The molecule has 0 saturated heterocycles. The summed E-state index contributed by atoms with van der Waals surface area (Å²) < 4.78 is 69.8. The van der Waals surface area contributed by atoms with Crippen molar-refractivity contribution in [2.24, 2.45) is 0 Å². The first-order valence-corrected chi connectivity index (χ1v) is 11.0. The number of carboxylic acid groups (broad SMARTS) is 1. The van der Waals surface area contributed by atoms with Crippen LogP contribution >= 0.6 is 0 Å². The van der Waals surface area contributed by atoms with E-state index in [1.165, 1.54) is 6.92 Å². The quantitative estimate of drug-likeness (QED) is 0.240. The lowest BCUT2D eigenvalue weighted by atomic mass is 10.0. The molecule has 0 bridgehead atoms. The standard InChI is InChI=1S/C25H29F4NO6/c1-16(35-23(33)25(28,29)24(26,27)22(31)32)14-21(30(2)3)36-20-11-6-5-9-18(20)13-12-17-8-7-10-19(15-17)34-4/h5-11,15-16,21H,12-14H2,1-4H3,(H,31,32)/t16-,21+/m1/s1. The Balaban J connectivity index is 2.09. The second-order valence-electron chi connectivity index (χ2n) is 8.40. The van der Waals surface area contributed by atoms with E-state index >= 15 is 0 Å². The number of carbonyl (C=O) groups is 2. The number of methoxy groups -OCH3 is 1. The van der Waals surface area contributed by atoms with E-state index in [1.807, 2.05) is 36.4 Å². The molecule has 2 rings (SSSR count). The molecule has 11 heteroatoms. The molecular weight excluding hydrogens is 486 g/mol. The molecule has 1 N–H and O–H groups in total. The predicted octanol–water partition coefficient (Wildman–Crippen LogP) is 4.42. The van der Waals surface area contributed by atoms with Gasteiger partial charge in [-0.2, -0.15) is 17.6 Å². The summed E-state index contributed by atoms with van der Waals surface area (Å²) in [7, 11) is 4.87. The summed E-state index contributed by atoms with van der Waals surface area (Å²) in [5.74, 6) is -15.6. The van der Waals surface area contributed by atoms with E-state index in [0.717, 1.165) is 16.9 Å². The fourth-order valence-corrected chi connectivity index (χ4v) is 3.29. The van der Waals surface area contributed by atoms with Crippen molar-refractivity contribution in [2.45, 2.75) is 50.4 Å². The molecule has 0 radical (unpaired) electrons. The van der Waals surface area contributed by atoms with Crippen LogP contribution in [0.15, 0.2) is 48.5 Å². The molecule has 36 heavy (non-hydrogen) atoms. The van der Waals surface area contributed by atoms with Gasteiger partial charge in [0.1, 0.15) is 17.6 Å². The largest absolute Gasteiger partial charge is 0.497 e. The minimum atomic E-state index is -5.61. The van der Waals surface area contributed by atoms with Crippen LogP contribution in [0.1, 0.15) is 24.5 Å². The summed E-state index contributed by atoms with van der Waals surface area (Å²) in [5.41, 5.74) is 1.91. The van der Waals surface area contributed by atoms with E-state index in [1.54, 1.807) is 38.2 Å². The van der Waals surface area contributed by atoms with Crippen molar-refractivity contribution in [3.8, 4) is 11.5 Å². The van der Waals surface area contributed by atoms with Crippen LogP contribution in [0.2, 0.25) is 0 Å². The molecule has 0 aliphatic rings. The fraction of sp³-hybridized carbons (Fsp3) is 0.440. The summed E-state index contributed by atoms with van der Waals surface area (Å²) >= 11 is 0. The molecule has 0 aromatic heterocycles. The van der Waals surface area contributed by atoms with Crippen LogP contribution in [0, 0.1) is 0 Å². The maximum Gasteiger partial charge on any atom is 0.415 e. The first-order chi connectivity index (χ1) is 16.8. The van der Waals surface area contributed by atoms with Crippen molar-refractivity contribution in [1.29, 1.82) is 0 Å². The third kappa shape index (κ3) is 7.09. The molecule has 2 aromatic rings. The van der Waals surface area contributed by atoms with Crippen LogP contribution in [-0.2, 0) is 27.2 Å². The summed E-state index contributed by atoms with van der Waals surface area (Å²) in [6.45, 7) is 1.22. The van der Waals surface area contributed by atoms with Gasteiger partial charge in [0, 0.05) is 6.42 Å². The van der Waals surface area contributed by atoms with E-state index in [0.29, 0.717) is 18.6 Å². The lowest BCUT2D eigenvalue weighted by Crippen LogP contribution is -2.53. The highest BCUT2D eigenvalue weighted by atomic mass is 19.3. The number of alkyl halides is 4. The van der Waals surface area contributed by atoms with Crippen molar-refractivity contribution in [3.63, 3.8) is 0 Å². The molecular formula is C25H29F4NO6. The molecule has 198 valence electrons. The number of nitrogens with zero attached hydrogens (tertiary/aromatic N) is 1. The first kappa shape index (κ1) is 28.9. The van der Waals surface area contributed by atoms with Gasteiger partial charge >= 0.3 is 23.8 Å². The van der Waals surface area contributed by atoms with Crippen molar-refractivity contribution in [3.05, 3.63) is 59.7 Å². The molecule has 0 aliphatic carbocycles. The Bertz CT molecular complexity index is 1050. The number of aliphatic carboxylic acids is 1. The molecule has 0 unspecified atom stereocenters. The molecule has 2 aromatic carbocycles. The fourth-order valence-electron chi connectivity index (χ4n) is 3.29. The number of halogens is 4. The summed E-state index contributed by atoms with van der Waals surface area (Å²) in [6, 6.07) is 14.8. The van der Waals surface area contributed by atoms with Crippen molar-refractivity contribution in [1.82, 2.24) is 4.90 Å². The van der Waals surface area contributed by atoms with Crippen molar-refractivity contribution in [2.75, 3.05) is 21.2 Å². The first-order valence-electron chi connectivity index (χ1n) is 11.0. The average molecular weight is 516 g/mol. The van der Waals surface area contributed by atoms with Crippen molar-refractivity contribution < 1.29 is 46.5 Å². The third-order valence-corrected chi connectivity index (χ3v) is 5.39. The van der Waals surface area contributed by atoms with E-state index in [2.05, 4.69) is 4.74 Å². The minimum Gasteiger partial charge on any atom is -0.497 e. The number of esters is 1. The number of benzene rings is 2. The van der Waals surface area contributed by atoms with Gasteiger partial charge in [0.05, 0.1) is 7.11 Å². The number of hydrogen-bond donors (Lipinski definition) is 1. The van der Waals surface area contributed by atoms with Crippen LogP contribution in [0.4, 0.5) is 17.6 Å². The van der Waals surface area contributed by atoms with Gasteiger partial charge in [0.2, 0.25) is 0 Å². The van der Waals surface area contributed by atoms with Gasteiger partial charge < -0.3 is 19.3 Å². The van der Waals surface area contributed by atoms with Gasteiger partial charge in [-0.05, 0) is 63.2 Å². The summed E-state index contributed by atoms with van der Waals surface area (Å²) in [5, 5.41) is 8.34. The Labute approximate surface area is 206 Å². The summed E-state index contributed by atoms with van der Waals surface area (Å²) in [6.07, 6.45) is -0.920. The summed E-state index contributed by atoms with van der Waals surface area (Å²) in [4.78, 5) is 23.7. The lowest BCUT2D eigenvalue weighted by molar-refractivity contribution is -0.237. The van der Waals surface area contributed by atoms with Crippen LogP contribution in [-0.4, -0.2) is 67.3 Å². The zero-order valence-corrected chi connectivity index (χ0v) is 20.3. The number of carboxylic acids is 1. The molecule has 0 heterocycles. The average Bonchev–Trinajstić information content (AvgIpc) is 2.82. The highest BCUT2D eigenvalue weighted by Gasteiger charge is 2.68. The van der Waals surface area contributed by atoms with Crippen LogP contribution in [0.25, 0.3) is 0 Å². The molecule has 0 fully saturated rings. The zero-order valence-electron chi connectivity index (χ0n) is 20.3. The smallest absolute Gasteiger partial charge is 0.415 e. The highest BCUT2D eigenvalue weighted by Crippen LogP contribution is 2.36. The minimum absolute atomic E-state index is 0.155. The van der Waals surface area contributed by atoms with Crippen molar-refractivity contribution >= 4 is 11.9 Å². The Morgan fingerprint density at radius 3 is 2.28 bits per heavy atom. The Morgan fingerprint density at radius 2 is 1.67 bits per heavy atom. The Morgan fingerprint density at radius 1 is 1.00 bits per heavy atom. The van der Waals surface area contributed by atoms with Crippen LogP contribution < -0.4 is 9.47 Å². The van der Waals surface area contributed by atoms with E-state index in [9.17, 15) is 27.2 Å². The number of rotatable bonds is 13. The van der Waals surface area contributed by atoms with E-state index < -0.39 is 36.1 Å². The van der Waals surface area contributed by atoms with Gasteiger partial charge in [-0.3, -0.25) is 4.90 Å². The van der Waals surface area contributed by atoms with Gasteiger partial charge in [-0.25, -0.2) is 9.59 Å².